The van der Waals surface area contributed by atoms with Gasteiger partial charge in [-0.15, -0.1) is 0 Å². The maximum absolute atomic E-state index is 12.9. The van der Waals surface area contributed by atoms with E-state index >= 15 is 0 Å². The van der Waals surface area contributed by atoms with Crippen LogP contribution in [0.1, 0.15) is 42.5 Å². The van der Waals surface area contributed by atoms with Gasteiger partial charge in [-0.25, -0.2) is 9.97 Å². The summed E-state index contributed by atoms with van der Waals surface area (Å²) in [5.74, 6) is 0.241. The van der Waals surface area contributed by atoms with Crippen molar-refractivity contribution in [2.75, 3.05) is 17.3 Å². The molecule has 0 spiro atoms. The first kappa shape index (κ1) is 19.5. The minimum atomic E-state index is -0.245. The molecule has 0 aliphatic carbocycles. The highest BCUT2D eigenvalue weighted by Gasteiger charge is 2.20. The van der Waals surface area contributed by atoms with Gasteiger partial charge >= 0.3 is 0 Å². The lowest BCUT2D eigenvalue weighted by Crippen LogP contribution is -2.21. The molecule has 28 heavy (non-hydrogen) atoms. The Morgan fingerprint density at radius 3 is 2.29 bits per heavy atom. The van der Waals surface area contributed by atoms with E-state index in [4.69, 9.17) is 0 Å². The summed E-state index contributed by atoms with van der Waals surface area (Å²) in [5.41, 5.74) is 3.84. The molecule has 3 aromatic rings. The summed E-state index contributed by atoms with van der Waals surface area (Å²) in [6, 6.07) is 19.4. The number of hydrogen-bond donors (Lipinski definition) is 1. The van der Waals surface area contributed by atoms with Gasteiger partial charge in [0.05, 0.1) is 0 Å². The highest BCUT2D eigenvalue weighted by Crippen LogP contribution is 2.29. The Balaban J connectivity index is 1.91. The number of nitrogens with one attached hydrogen (secondary N) is 1. The Morgan fingerprint density at radius 1 is 0.964 bits per heavy atom. The first-order valence-corrected chi connectivity index (χ1v) is 9.31. The zero-order valence-electron chi connectivity index (χ0n) is 17.0. The van der Waals surface area contributed by atoms with Crippen LogP contribution < -0.4 is 10.2 Å². The first-order valence-electron chi connectivity index (χ1n) is 9.31. The molecular formula is C23H26N4O. The van der Waals surface area contributed by atoms with E-state index in [1.165, 1.54) is 0 Å². The Morgan fingerprint density at radius 2 is 1.61 bits per heavy atom. The molecule has 1 N–H and O–H groups in total. The number of nitrogens with zero attached hydrogens (tertiary/aromatic N) is 3. The van der Waals surface area contributed by atoms with Crippen LogP contribution in [0.3, 0.4) is 0 Å². The Kier molecular flexibility index (Phi) is 5.45. The number of aromatic nitrogens is 2. The number of carbonyl (C=O) groups is 1. The standard InChI is InChI=1S/C23H26N4O/c1-16-15-20(26-22(24-16)27(5)17-11-7-6-8-12-17)21(28)25-19-14-10-9-13-18(19)23(2,3)4/h6-15H,1-5H3,(H,25,28). The fourth-order valence-corrected chi connectivity index (χ4v) is 3.02. The summed E-state index contributed by atoms with van der Waals surface area (Å²) < 4.78 is 0. The van der Waals surface area contributed by atoms with Crippen molar-refractivity contribution < 1.29 is 4.79 Å². The predicted octanol–water partition coefficient (Wildman–Crippen LogP) is 5.10. The van der Waals surface area contributed by atoms with Gasteiger partial charge in [-0.2, -0.15) is 0 Å². The van der Waals surface area contributed by atoms with Crippen LogP contribution in [0.5, 0.6) is 0 Å². The van der Waals surface area contributed by atoms with Crippen LogP contribution in [-0.4, -0.2) is 22.9 Å². The maximum Gasteiger partial charge on any atom is 0.274 e. The van der Waals surface area contributed by atoms with Gasteiger partial charge in [0.1, 0.15) is 5.69 Å². The maximum atomic E-state index is 12.9. The van der Waals surface area contributed by atoms with Gasteiger partial charge in [-0.3, -0.25) is 4.79 Å². The number of amides is 1. The normalized spacial score (nSPS) is 11.2. The number of benzene rings is 2. The van der Waals surface area contributed by atoms with E-state index in [0.29, 0.717) is 11.6 Å². The van der Waals surface area contributed by atoms with Crippen LogP contribution in [0, 0.1) is 6.92 Å². The third-order valence-electron chi connectivity index (χ3n) is 4.50. The van der Waals surface area contributed by atoms with Crippen molar-refractivity contribution in [3.8, 4) is 0 Å². The molecule has 144 valence electrons. The van der Waals surface area contributed by atoms with Gasteiger partial charge in [0, 0.05) is 24.1 Å². The average Bonchev–Trinajstić information content (AvgIpc) is 2.67. The summed E-state index contributed by atoms with van der Waals surface area (Å²) in [6.45, 7) is 8.24. The van der Waals surface area contributed by atoms with Crippen LogP contribution in [0.2, 0.25) is 0 Å². The quantitative estimate of drug-likeness (QED) is 0.690. The highest BCUT2D eigenvalue weighted by atomic mass is 16.1. The third-order valence-corrected chi connectivity index (χ3v) is 4.50. The zero-order chi connectivity index (χ0) is 20.3. The van der Waals surface area contributed by atoms with Gasteiger partial charge < -0.3 is 10.2 Å². The van der Waals surface area contributed by atoms with E-state index in [-0.39, 0.29) is 11.3 Å². The van der Waals surface area contributed by atoms with E-state index in [2.05, 4.69) is 36.1 Å². The molecule has 0 saturated carbocycles. The Labute approximate surface area is 166 Å². The van der Waals surface area contributed by atoms with E-state index < -0.39 is 0 Å². The number of carbonyl (C=O) groups excluding carboxylic acids is 1. The second kappa shape index (κ2) is 7.80. The summed E-state index contributed by atoms with van der Waals surface area (Å²) in [7, 11) is 1.89. The molecule has 1 heterocycles. The zero-order valence-corrected chi connectivity index (χ0v) is 17.0. The number of anilines is 3. The van der Waals surface area contributed by atoms with Crippen molar-refractivity contribution in [3.05, 3.63) is 77.6 Å². The molecule has 0 fully saturated rings. The third kappa shape index (κ3) is 4.36. The number of aryl methyl sites for hydroxylation is 1. The molecule has 5 nitrogen and oxygen atoms in total. The summed E-state index contributed by atoms with van der Waals surface area (Å²) in [6.07, 6.45) is 0. The summed E-state index contributed by atoms with van der Waals surface area (Å²) >= 11 is 0. The van der Waals surface area contributed by atoms with Crippen LogP contribution in [0.15, 0.2) is 60.7 Å². The fraction of sp³-hybridized carbons (Fsp3) is 0.261. The predicted molar refractivity (Wildman–Crippen MR) is 114 cm³/mol. The molecule has 1 aromatic heterocycles. The largest absolute Gasteiger partial charge is 0.320 e. The van der Waals surface area contributed by atoms with Gasteiger partial charge in [0.15, 0.2) is 0 Å². The summed E-state index contributed by atoms with van der Waals surface area (Å²) in [5, 5.41) is 3.02. The molecule has 0 radical (unpaired) electrons. The fourth-order valence-electron chi connectivity index (χ4n) is 3.02. The molecule has 0 bridgehead atoms. The van der Waals surface area contributed by atoms with E-state index in [9.17, 15) is 4.79 Å². The SMILES string of the molecule is Cc1cc(C(=O)Nc2ccccc2C(C)(C)C)nc(N(C)c2ccccc2)n1. The molecule has 2 aromatic carbocycles. The van der Waals surface area contributed by atoms with Gasteiger partial charge in [0.2, 0.25) is 5.95 Å². The lowest BCUT2D eigenvalue weighted by molar-refractivity contribution is 0.102. The van der Waals surface area contributed by atoms with Crippen molar-refractivity contribution >= 4 is 23.2 Å². The molecular weight excluding hydrogens is 348 g/mol. The number of rotatable bonds is 4. The van der Waals surface area contributed by atoms with Crippen molar-refractivity contribution in [1.29, 1.82) is 0 Å². The molecule has 0 saturated heterocycles. The van der Waals surface area contributed by atoms with Crippen LogP contribution in [0.4, 0.5) is 17.3 Å². The highest BCUT2D eigenvalue weighted by molar-refractivity contribution is 6.03. The Hall–Kier alpha value is -3.21. The smallest absolute Gasteiger partial charge is 0.274 e. The first-order chi connectivity index (χ1) is 13.3. The molecule has 0 atom stereocenters. The minimum Gasteiger partial charge on any atom is -0.320 e. The van der Waals surface area contributed by atoms with Gasteiger partial charge in [0.25, 0.3) is 5.91 Å². The van der Waals surface area contributed by atoms with Crippen LogP contribution in [-0.2, 0) is 5.41 Å². The second-order valence-electron chi connectivity index (χ2n) is 7.84. The van der Waals surface area contributed by atoms with Gasteiger partial charge in [-0.05, 0) is 42.2 Å². The van der Waals surface area contributed by atoms with Crippen molar-refractivity contribution in [3.63, 3.8) is 0 Å². The topological polar surface area (TPSA) is 58.1 Å². The van der Waals surface area contributed by atoms with Crippen LogP contribution in [0.25, 0.3) is 0 Å². The van der Waals surface area contributed by atoms with Crippen LogP contribution >= 0.6 is 0 Å². The van der Waals surface area contributed by atoms with Crippen molar-refractivity contribution in [2.45, 2.75) is 33.1 Å². The lowest BCUT2D eigenvalue weighted by Gasteiger charge is -2.23. The van der Waals surface area contributed by atoms with E-state index in [0.717, 1.165) is 22.6 Å². The molecule has 1 amide bonds. The molecule has 0 aliphatic heterocycles. The average molecular weight is 374 g/mol. The Bertz CT molecular complexity index is 977. The molecule has 5 heteroatoms. The van der Waals surface area contributed by atoms with Crippen molar-refractivity contribution in [1.82, 2.24) is 9.97 Å². The minimum absolute atomic E-state index is 0.0792. The summed E-state index contributed by atoms with van der Waals surface area (Å²) in [4.78, 5) is 23.8. The lowest BCUT2D eigenvalue weighted by atomic mass is 9.86. The van der Waals surface area contributed by atoms with E-state index in [1.54, 1.807) is 6.07 Å². The number of hydrogen-bond acceptors (Lipinski definition) is 4. The van der Waals surface area contributed by atoms with E-state index in [1.807, 2.05) is 73.5 Å². The number of para-hydroxylation sites is 2. The van der Waals surface area contributed by atoms with Crippen molar-refractivity contribution in [2.24, 2.45) is 0 Å². The second-order valence-corrected chi connectivity index (χ2v) is 7.84. The molecule has 0 unspecified atom stereocenters. The molecule has 3 rings (SSSR count). The monoisotopic (exact) mass is 374 g/mol. The molecule has 0 aliphatic rings. The van der Waals surface area contributed by atoms with Gasteiger partial charge in [-0.1, -0.05) is 57.2 Å².